The van der Waals surface area contributed by atoms with Crippen LogP contribution >= 0.6 is 0 Å². The van der Waals surface area contributed by atoms with Crippen LogP contribution in [-0.2, 0) is 4.79 Å². The molecule has 2 heteroatoms. The van der Waals surface area contributed by atoms with E-state index < -0.39 is 0 Å². The van der Waals surface area contributed by atoms with Crippen LogP contribution in [0.3, 0.4) is 0 Å². The Hall–Kier alpha value is -2.79. The summed E-state index contributed by atoms with van der Waals surface area (Å²) in [4.78, 5) is 13.6. The second-order valence-corrected chi connectivity index (χ2v) is 4.78. The van der Waals surface area contributed by atoms with Gasteiger partial charge >= 0.3 is 0 Å². The van der Waals surface area contributed by atoms with Crippen LogP contribution in [0.15, 0.2) is 66.7 Å². The van der Waals surface area contributed by atoms with Crippen molar-refractivity contribution in [1.82, 2.24) is 0 Å². The first-order chi connectivity index (χ1) is 10.1. The van der Waals surface area contributed by atoms with Crippen molar-refractivity contribution in [3.8, 4) is 11.8 Å². The second kappa shape index (κ2) is 6.58. The van der Waals surface area contributed by atoms with Gasteiger partial charge in [0.15, 0.2) is 0 Å². The maximum absolute atomic E-state index is 12.0. The summed E-state index contributed by atoms with van der Waals surface area (Å²) in [5, 5.41) is 0. The summed E-state index contributed by atoms with van der Waals surface area (Å²) in [6.45, 7) is 5.40. The van der Waals surface area contributed by atoms with Gasteiger partial charge in [0, 0.05) is 23.7 Å². The number of carbonyl (C=O) groups is 1. The first-order valence-electron chi connectivity index (χ1n) is 6.69. The molecule has 0 radical (unpaired) electrons. The van der Waals surface area contributed by atoms with E-state index in [0.717, 1.165) is 16.8 Å². The van der Waals surface area contributed by atoms with Gasteiger partial charge in [-0.1, -0.05) is 48.8 Å². The predicted octanol–water partition coefficient (Wildman–Crippen LogP) is 3.63. The number of nitrogens with zero attached hydrogens (tertiary/aromatic N) is 1. The zero-order valence-electron chi connectivity index (χ0n) is 12.3. The van der Waals surface area contributed by atoms with Crippen LogP contribution in [0.25, 0.3) is 0 Å². The van der Waals surface area contributed by atoms with E-state index in [2.05, 4.69) is 18.4 Å². The molecule has 0 saturated heterocycles. The molecule has 2 rings (SSSR count). The third kappa shape index (κ3) is 3.61. The molecule has 1 amide bonds. The fourth-order valence-corrected chi connectivity index (χ4v) is 1.93. The number of amides is 1. The first-order valence-corrected chi connectivity index (χ1v) is 6.69. The van der Waals surface area contributed by atoms with E-state index in [9.17, 15) is 4.79 Å². The largest absolute Gasteiger partial charge is 0.310 e. The van der Waals surface area contributed by atoms with Gasteiger partial charge in [0.05, 0.1) is 5.69 Å². The summed E-state index contributed by atoms with van der Waals surface area (Å²) in [5.74, 6) is 6.14. The molecule has 0 aromatic heterocycles. The molecule has 2 aromatic rings. The molecule has 104 valence electrons. The molecule has 2 nitrogen and oxygen atoms in total. The van der Waals surface area contributed by atoms with Gasteiger partial charge in [-0.05, 0) is 31.2 Å². The van der Waals surface area contributed by atoms with Gasteiger partial charge < -0.3 is 4.90 Å². The van der Waals surface area contributed by atoms with Crippen LogP contribution in [0.1, 0.15) is 18.1 Å². The monoisotopic (exact) mass is 275 g/mol. The van der Waals surface area contributed by atoms with Crippen LogP contribution < -0.4 is 4.90 Å². The molecule has 0 aliphatic heterocycles. The van der Waals surface area contributed by atoms with Crippen LogP contribution in [0.4, 0.5) is 5.69 Å². The molecule has 0 aliphatic rings. The molecule has 0 unspecified atom stereocenters. The van der Waals surface area contributed by atoms with E-state index in [1.54, 1.807) is 18.9 Å². The van der Waals surface area contributed by atoms with Crippen LogP contribution in [-0.4, -0.2) is 13.0 Å². The quantitative estimate of drug-likeness (QED) is 0.605. The summed E-state index contributed by atoms with van der Waals surface area (Å²) in [6, 6.07) is 17.4. The highest BCUT2D eigenvalue weighted by Crippen LogP contribution is 2.19. The van der Waals surface area contributed by atoms with Crippen molar-refractivity contribution >= 4 is 11.6 Å². The highest BCUT2D eigenvalue weighted by atomic mass is 16.2. The van der Waals surface area contributed by atoms with Gasteiger partial charge in [-0.25, -0.2) is 0 Å². The Kier molecular flexibility index (Phi) is 4.58. The van der Waals surface area contributed by atoms with Crippen LogP contribution in [0.5, 0.6) is 0 Å². The van der Waals surface area contributed by atoms with Gasteiger partial charge in [0.1, 0.15) is 0 Å². The molecule has 21 heavy (non-hydrogen) atoms. The third-order valence-electron chi connectivity index (χ3n) is 3.05. The highest BCUT2D eigenvalue weighted by molar-refractivity contribution is 6.05. The number of rotatable bonds is 2. The zero-order chi connectivity index (χ0) is 15.2. The van der Waals surface area contributed by atoms with Crippen molar-refractivity contribution in [3.63, 3.8) is 0 Å². The zero-order valence-corrected chi connectivity index (χ0v) is 12.3. The van der Waals surface area contributed by atoms with Crippen molar-refractivity contribution in [2.24, 2.45) is 0 Å². The third-order valence-corrected chi connectivity index (χ3v) is 3.05. The van der Waals surface area contributed by atoms with E-state index in [4.69, 9.17) is 0 Å². The predicted molar refractivity (Wildman–Crippen MR) is 87.1 cm³/mol. The van der Waals surface area contributed by atoms with E-state index in [1.165, 1.54) is 0 Å². The van der Waals surface area contributed by atoms with E-state index in [-0.39, 0.29) is 5.91 Å². The smallest absolute Gasteiger partial charge is 0.253 e. The number of hydrogen-bond donors (Lipinski definition) is 0. The molecule has 2 aromatic carbocycles. The number of benzene rings is 2. The average Bonchev–Trinajstić information content (AvgIpc) is 2.52. The fraction of sp³-hybridized carbons (Fsp3) is 0.105. The molecule has 0 heterocycles. The maximum Gasteiger partial charge on any atom is 0.253 e. The topological polar surface area (TPSA) is 20.3 Å². The molecular weight excluding hydrogens is 258 g/mol. The molecule has 0 spiro atoms. The van der Waals surface area contributed by atoms with Crippen molar-refractivity contribution in [1.29, 1.82) is 0 Å². The minimum absolute atomic E-state index is 0.107. The van der Waals surface area contributed by atoms with Gasteiger partial charge in [0.25, 0.3) is 5.91 Å². The van der Waals surface area contributed by atoms with Gasteiger partial charge in [-0.2, -0.15) is 0 Å². The molecule has 0 aliphatic carbocycles. The Morgan fingerprint density at radius 2 is 1.62 bits per heavy atom. The van der Waals surface area contributed by atoms with Crippen molar-refractivity contribution in [2.75, 3.05) is 11.9 Å². The molecular formula is C19H17NO. The lowest BCUT2D eigenvalue weighted by Gasteiger charge is -2.18. The number of carbonyl (C=O) groups excluding carboxylic acids is 1. The molecule has 0 atom stereocenters. The average molecular weight is 275 g/mol. The molecule has 0 N–H and O–H groups in total. The number of likely N-dealkylation sites (N-methyl/N-ethyl adjacent to an activating group) is 1. The molecule has 0 fully saturated rings. The Morgan fingerprint density at radius 1 is 1.00 bits per heavy atom. The summed E-state index contributed by atoms with van der Waals surface area (Å²) < 4.78 is 0. The number of hydrogen-bond acceptors (Lipinski definition) is 1. The minimum Gasteiger partial charge on any atom is -0.310 e. The van der Waals surface area contributed by atoms with Gasteiger partial charge in [-0.3, -0.25) is 4.79 Å². The highest BCUT2D eigenvalue weighted by Gasteiger charge is 2.13. The minimum atomic E-state index is -0.107. The van der Waals surface area contributed by atoms with Crippen LogP contribution in [0.2, 0.25) is 0 Å². The first kappa shape index (κ1) is 14.6. The number of para-hydroxylation sites is 1. The Morgan fingerprint density at radius 3 is 2.29 bits per heavy atom. The van der Waals surface area contributed by atoms with Crippen LogP contribution in [0, 0.1) is 11.8 Å². The standard InChI is InChI=1S/C19H17NO/c1-15(2)19(21)20(3)18-12-8-7-11-17(18)14-13-16-9-5-4-6-10-16/h4-12H,1H2,2-3H3. The van der Waals surface area contributed by atoms with E-state index >= 15 is 0 Å². The lowest BCUT2D eigenvalue weighted by atomic mass is 10.1. The molecule has 0 saturated carbocycles. The van der Waals surface area contributed by atoms with Gasteiger partial charge in [0.2, 0.25) is 0 Å². The summed E-state index contributed by atoms with van der Waals surface area (Å²) in [5.41, 5.74) is 3.05. The fourth-order valence-electron chi connectivity index (χ4n) is 1.93. The second-order valence-electron chi connectivity index (χ2n) is 4.78. The lowest BCUT2D eigenvalue weighted by molar-refractivity contribution is -0.114. The van der Waals surface area contributed by atoms with Crippen molar-refractivity contribution in [3.05, 3.63) is 77.9 Å². The summed E-state index contributed by atoms with van der Waals surface area (Å²) >= 11 is 0. The lowest BCUT2D eigenvalue weighted by Crippen LogP contribution is -2.27. The van der Waals surface area contributed by atoms with E-state index in [1.807, 2.05) is 54.6 Å². The summed E-state index contributed by atoms with van der Waals surface area (Å²) in [6.07, 6.45) is 0. The summed E-state index contributed by atoms with van der Waals surface area (Å²) in [7, 11) is 1.74. The SMILES string of the molecule is C=C(C)C(=O)N(C)c1ccccc1C#Cc1ccccc1. The van der Waals surface area contributed by atoms with Gasteiger partial charge in [-0.15, -0.1) is 0 Å². The Bertz CT molecular complexity index is 720. The van der Waals surface area contributed by atoms with Crippen molar-refractivity contribution < 1.29 is 4.79 Å². The Labute approximate surface area is 125 Å². The van der Waals surface area contributed by atoms with E-state index in [0.29, 0.717) is 5.57 Å². The number of anilines is 1. The normalized spacial score (nSPS) is 9.43. The maximum atomic E-state index is 12.0. The molecule has 0 bridgehead atoms. The van der Waals surface area contributed by atoms with Crippen molar-refractivity contribution in [2.45, 2.75) is 6.92 Å². The Balaban J connectivity index is 2.36.